The van der Waals surface area contributed by atoms with Gasteiger partial charge in [0, 0.05) is 16.6 Å². The molecule has 19 heavy (non-hydrogen) atoms. The van der Waals surface area contributed by atoms with Crippen LogP contribution in [0.2, 0.25) is 0 Å². The highest BCUT2D eigenvalue weighted by Crippen LogP contribution is 2.13. The summed E-state index contributed by atoms with van der Waals surface area (Å²) in [5, 5.41) is 3.71. The van der Waals surface area contributed by atoms with Crippen LogP contribution in [0.4, 0.5) is 5.69 Å². The summed E-state index contributed by atoms with van der Waals surface area (Å²) in [6.07, 6.45) is 0.982. The van der Waals surface area contributed by atoms with Crippen LogP contribution in [0.5, 0.6) is 0 Å². The molecule has 2 aromatic rings. The number of aryl methyl sites for hydroxylation is 1. The summed E-state index contributed by atoms with van der Waals surface area (Å²) in [6.45, 7) is 2.10. The van der Waals surface area contributed by atoms with Gasteiger partial charge in [0.2, 0.25) is 0 Å². The Hall–Kier alpha value is -1.61. The zero-order valence-corrected chi connectivity index (χ0v) is 12.4. The van der Waals surface area contributed by atoms with E-state index in [2.05, 4.69) is 28.2 Å². The van der Waals surface area contributed by atoms with Gasteiger partial charge < -0.3 is 5.32 Å². The predicted octanol–water partition coefficient (Wildman–Crippen LogP) is 4.40. The Kier molecular flexibility index (Phi) is 4.74. The highest BCUT2D eigenvalue weighted by Gasteiger charge is 2.05. The Labute approximate surface area is 122 Å². The van der Waals surface area contributed by atoms with Crippen molar-refractivity contribution in [2.45, 2.75) is 18.7 Å². The van der Waals surface area contributed by atoms with E-state index in [-0.39, 0.29) is 5.91 Å². The third kappa shape index (κ3) is 3.67. The summed E-state index contributed by atoms with van der Waals surface area (Å²) in [4.78, 5) is 12.0. The maximum atomic E-state index is 12.0. The van der Waals surface area contributed by atoms with E-state index in [9.17, 15) is 4.79 Å². The Morgan fingerprint density at radius 2 is 1.58 bits per heavy atom. The van der Waals surface area contributed by atoms with Crippen molar-refractivity contribution in [3.8, 4) is 0 Å². The van der Waals surface area contributed by atoms with E-state index in [1.54, 1.807) is 0 Å². The van der Waals surface area contributed by atoms with Crippen molar-refractivity contribution in [1.29, 1.82) is 0 Å². The Morgan fingerprint density at radius 1 is 1.00 bits per heavy atom. The van der Waals surface area contributed by atoms with Crippen LogP contribution in [-0.2, 0) is 11.8 Å². The highest BCUT2D eigenvalue weighted by molar-refractivity contribution is 9.08. The van der Waals surface area contributed by atoms with Crippen molar-refractivity contribution in [3.05, 3.63) is 65.2 Å². The second-order valence-electron chi connectivity index (χ2n) is 4.34. The summed E-state index contributed by atoms with van der Waals surface area (Å²) >= 11 is 3.40. The van der Waals surface area contributed by atoms with Gasteiger partial charge in [-0.15, -0.1) is 0 Å². The van der Waals surface area contributed by atoms with Gasteiger partial charge in [0.05, 0.1) is 0 Å². The quantitative estimate of drug-likeness (QED) is 0.832. The fourth-order valence-electron chi connectivity index (χ4n) is 1.77. The van der Waals surface area contributed by atoms with Gasteiger partial charge in [-0.3, -0.25) is 4.79 Å². The smallest absolute Gasteiger partial charge is 0.255 e. The fourth-order valence-corrected chi connectivity index (χ4v) is 2.15. The summed E-state index contributed by atoms with van der Waals surface area (Å²) < 4.78 is 0. The third-order valence-electron chi connectivity index (χ3n) is 2.99. The van der Waals surface area contributed by atoms with E-state index in [4.69, 9.17) is 0 Å². The van der Waals surface area contributed by atoms with E-state index in [1.807, 2.05) is 48.5 Å². The van der Waals surface area contributed by atoms with Gasteiger partial charge in [-0.05, 0) is 41.8 Å². The van der Waals surface area contributed by atoms with Crippen molar-refractivity contribution in [3.63, 3.8) is 0 Å². The molecule has 0 saturated heterocycles. The molecule has 2 nitrogen and oxygen atoms in total. The SMILES string of the molecule is CCc1ccc(C(=O)Nc2ccc(CBr)cc2)cc1. The van der Waals surface area contributed by atoms with Crippen LogP contribution in [-0.4, -0.2) is 5.91 Å². The largest absolute Gasteiger partial charge is 0.322 e. The molecule has 1 N–H and O–H groups in total. The first-order valence-electron chi connectivity index (χ1n) is 6.28. The molecule has 0 aliphatic carbocycles. The molecule has 0 aliphatic rings. The number of amides is 1. The molecule has 0 fully saturated rings. The summed E-state index contributed by atoms with van der Waals surface area (Å²) in [5.74, 6) is -0.0748. The average Bonchev–Trinajstić information content (AvgIpc) is 2.48. The minimum absolute atomic E-state index is 0.0748. The van der Waals surface area contributed by atoms with Crippen LogP contribution in [0.3, 0.4) is 0 Å². The van der Waals surface area contributed by atoms with Crippen LogP contribution in [0.25, 0.3) is 0 Å². The van der Waals surface area contributed by atoms with Crippen LogP contribution in [0, 0.1) is 0 Å². The lowest BCUT2D eigenvalue weighted by molar-refractivity contribution is 0.102. The summed E-state index contributed by atoms with van der Waals surface area (Å²) in [6, 6.07) is 15.5. The zero-order valence-electron chi connectivity index (χ0n) is 10.8. The Bertz CT molecular complexity index is 546. The van der Waals surface area contributed by atoms with Crippen LogP contribution in [0.15, 0.2) is 48.5 Å². The van der Waals surface area contributed by atoms with Crippen molar-refractivity contribution in [2.24, 2.45) is 0 Å². The first kappa shape index (κ1) is 13.8. The number of halogens is 1. The molecule has 0 aliphatic heterocycles. The normalized spacial score (nSPS) is 10.2. The van der Waals surface area contributed by atoms with E-state index >= 15 is 0 Å². The fraction of sp³-hybridized carbons (Fsp3) is 0.188. The van der Waals surface area contributed by atoms with Gasteiger partial charge >= 0.3 is 0 Å². The van der Waals surface area contributed by atoms with E-state index in [1.165, 1.54) is 11.1 Å². The van der Waals surface area contributed by atoms with Gasteiger partial charge in [-0.2, -0.15) is 0 Å². The molecule has 0 aromatic heterocycles. The van der Waals surface area contributed by atoms with E-state index in [0.29, 0.717) is 5.56 Å². The molecular formula is C16H16BrNO. The molecule has 0 spiro atoms. The second kappa shape index (κ2) is 6.53. The number of hydrogen-bond acceptors (Lipinski definition) is 1. The molecule has 1 amide bonds. The number of alkyl halides is 1. The van der Waals surface area contributed by atoms with Gasteiger partial charge in [-0.1, -0.05) is 47.1 Å². The van der Waals surface area contributed by atoms with Crippen LogP contribution < -0.4 is 5.32 Å². The molecule has 0 heterocycles. The Balaban J connectivity index is 2.06. The van der Waals surface area contributed by atoms with Gasteiger partial charge in [-0.25, -0.2) is 0 Å². The van der Waals surface area contributed by atoms with Gasteiger partial charge in [0.25, 0.3) is 5.91 Å². The first-order chi connectivity index (χ1) is 9.22. The molecule has 98 valence electrons. The summed E-state index contributed by atoms with van der Waals surface area (Å²) in [5.41, 5.74) is 3.92. The van der Waals surface area contributed by atoms with Gasteiger partial charge in [0.1, 0.15) is 0 Å². The van der Waals surface area contributed by atoms with E-state index < -0.39 is 0 Å². The standard InChI is InChI=1S/C16H16BrNO/c1-2-12-3-7-14(8-4-12)16(19)18-15-9-5-13(11-17)6-10-15/h3-10H,2,11H2,1H3,(H,18,19). The minimum Gasteiger partial charge on any atom is -0.322 e. The van der Waals surface area contributed by atoms with Crippen molar-refractivity contribution >= 4 is 27.5 Å². The summed E-state index contributed by atoms with van der Waals surface area (Å²) in [7, 11) is 0. The molecule has 3 heteroatoms. The van der Waals surface area contributed by atoms with Crippen molar-refractivity contribution in [1.82, 2.24) is 0 Å². The lowest BCUT2D eigenvalue weighted by atomic mass is 10.1. The lowest BCUT2D eigenvalue weighted by Gasteiger charge is -2.06. The van der Waals surface area contributed by atoms with Crippen molar-refractivity contribution in [2.75, 3.05) is 5.32 Å². The maximum absolute atomic E-state index is 12.0. The number of anilines is 1. The zero-order chi connectivity index (χ0) is 13.7. The molecule has 0 radical (unpaired) electrons. The number of nitrogens with one attached hydrogen (secondary N) is 1. The number of carbonyl (C=O) groups is 1. The topological polar surface area (TPSA) is 29.1 Å². The van der Waals surface area contributed by atoms with Crippen LogP contribution in [0.1, 0.15) is 28.4 Å². The maximum Gasteiger partial charge on any atom is 0.255 e. The van der Waals surface area contributed by atoms with Gasteiger partial charge in [0.15, 0.2) is 0 Å². The third-order valence-corrected chi connectivity index (χ3v) is 3.64. The number of rotatable bonds is 4. The molecular weight excluding hydrogens is 302 g/mol. The number of benzene rings is 2. The molecule has 0 bridgehead atoms. The lowest BCUT2D eigenvalue weighted by Crippen LogP contribution is -2.11. The predicted molar refractivity (Wildman–Crippen MR) is 82.8 cm³/mol. The number of hydrogen-bond donors (Lipinski definition) is 1. The first-order valence-corrected chi connectivity index (χ1v) is 7.40. The van der Waals surface area contributed by atoms with Crippen molar-refractivity contribution < 1.29 is 4.79 Å². The average molecular weight is 318 g/mol. The molecule has 0 atom stereocenters. The molecule has 2 aromatic carbocycles. The van der Waals surface area contributed by atoms with Crippen LogP contribution >= 0.6 is 15.9 Å². The molecule has 0 saturated carbocycles. The highest BCUT2D eigenvalue weighted by atomic mass is 79.9. The number of carbonyl (C=O) groups excluding carboxylic acids is 1. The second-order valence-corrected chi connectivity index (χ2v) is 4.90. The molecule has 2 rings (SSSR count). The minimum atomic E-state index is -0.0748. The monoisotopic (exact) mass is 317 g/mol. The molecule has 0 unspecified atom stereocenters. The van der Waals surface area contributed by atoms with E-state index in [0.717, 1.165) is 17.4 Å². The Morgan fingerprint density at radius 3 is 2.11 bits per heavy atom.